The van der Waals surface area contributed by atoms with Crippen molar-refractivity contribution in [3.05, 3.63) is 29.6 Å². The Morgan fingerprint density at radius 3 is 2.78 bits per heavy atom. The van der Waals surface area contributed by atoms with Crippen LogP contribution in [0, 0.1) is 0 Å². The molecule has 5 nitrogen and oxygen atoms in total. The Kier molecular flexibility index (Phi) is 5.99. The number of carbonyl (C=O) groups excluding carboxylic acids is 1. The summed E-state index contributed by atoms with van der Waals surface area (Å²) >= 11 is 0. The lowest BCUT2D eigenvalue weighted by Gasteiger charge is -2.22. The van der Waals surface area contributed by atoms with E-state index in [2.05, 4.69) is 28.6 Å². The molecule has 128 valence electrons. The predicted octanol–water partition coefficient (Wildman–Crippen LogP) is 3.18. The Morgan fingerprint density at radius 1 is 1.35 bits per heavy atom. The highest BCUT2D eigenvalue weighted by atomic mass is 16.6. The third-order valence-electron chi connectivity index (χ3n) is 4.08. The molecule has 1 saturated carbocycles. The summed E-state index contributed by atoms with van der Waals surface area (Å²) in [5, 5.41) is 6.54. The van der Waals surface area contributed by atoms with Crippen LogP contribution in [0.2, 0.25) is 0 Å². The molecule has 2 rings (SSSR count). The first-order valence-electron chi connectivity index (χ1n) is 8.53. The maximum absolute atomic E-state index is 11.8. The van der Waals surface area contributed by atoms with E-state index in [0.29, 0.717) is 6.04 Å². The van der Waals surface area contributed by atoms with Crippen LogP contribution in [0.25, 0.3) is 0 Å². The van der Waals surface area contributed by atoms with E-state index in [1.807, 2.05) is 33.0 Å². The fraction of sp³-hybridized carbons (Fsp3) is 0.667. The van der Waals surface area contributed by atoms with Gasteiger partial charge in [-0.3, -0.25) is 4.98 Å². The van der Waals surface area contributed by atoms with Crippen molar-refractivity contribution in [3.63, 3.8) is 0 Å². The number of carbonyl (C=O) groups is 1. The van der Waals surface area contributed by atoms with Crippen molar-refractivity contribution in [2.75, 3.05) is 0 Å². The first-order valence-corrected chi connectivity index (χ1v) is 8.53. The van der Waals surface area contributed by atoms with Gasteiger partial charge in [0.2, 0.25) is 0 Å². The monoisotopic (exact) mass is 319 g/mol. The number of rotatable bonds is 5. The number of nitrogens with zero attached hydrogens (tertiary/aromatic N) is 1. The summed E-state index contributed by atoms with van der Waals surface area (Å²) in [6.45, 7) is 8.57. The fourth-order valence-corrected chi connectivity index (χ4v) is 2.97. The van der Waals surface area contributed by atoms with Gasteiger partial charge in [0.1, 0.15) is 5.60 Å². The summed E-state index contributed by atoms with van der Waals surface area (Å²) in [5.74, 6) is 0. The maximum Gasteiger partial charge on any atom is 0.407 e. The second-order valence-corrected chi connectivity index (χ2v) is 7.20. The Hall–Kier alpha value is -1.62. The molecule has 0 bridgehead atoms. The van der Waals surface area contributed by atoms with E-state index in [1.54, 1.807) is 0 Å². The lowest BCUT2D eigenvalue weighted by Crippen LogP contribution is -2.39. The van der Waals surface area contributed by atoms with E-state index < -0.39 is 5.60 Å². The minimum atomic E-state index is -0.449. The SMILES string of the molecule is CCc1cccnc1CNC1CCC(NC(=O)OC(C)(C)C)C1. The number of hydrogen-bond acceptors (Lipinski definition) is 4. The standard InChI is InChI=1S/C18H29N3O2/c1-5-13-7-6-10-19-16(13)12-20-14-8-9-15(11-14)21-17(22)23-18(2,3)4/h6-7,10,14-15,20H,5,8-9,11-12H2,1-4H3,(H,21,22). The number of ether oxygens (including phenoxy) is 1. The zero-order valence-electron chi connectivity index (χ0n) is 14.7. The van der Waals surface area contributed by atoms with Crippen LogP contribution in [-0.4, -0.2) is 28.8 Å². The van der Waals surface area contributed by atoms with Crippen LogP contribution < -0.4 is 10.6 Å². The molecule has 1 amide bonds. The fourth-order valence-electron chi connectivity index (χ4n) is 2.97. The van der Waals surface area contributed by atoms with Crippen molar-refractivity contribution < 1.29 is 9.53 Å². The molecule has 1 aromatic heterocycles. The molecule has 2 atom stereocenters. The van der Waals surface area contributed by atoms with Gasteiger partial charge >= 0.3 is 6.09 Å². The van der Waals surface area contributed by atoms with Gasteiger partial charge in [-0.1, -0.05) is 13.0 Å². The number of amides is 1. The van der Waals surface area contributed by atoms with Gasteiger partial charge in [-0.15, -0.1) is 0 Å². The molecule has 1 heterocycles. The Morgan fingerprint density at radius 2 is 2.09 bits per heavy atom. The van der Waals surface area contributed by atoms with E-state index in [1.165, 1.54) is 5.56 Å². The number of alkyl carbamates (subject to hydrolysis) is 1. The highest BCUT2D eigenvalue weighted by Crippen LogP contribution is 2.20. The van der Waals surface area contributed by atoms with Crippen LogP contribution in [0.4, 0.5) is 4.79 Å². The summed E-state index contributed by atoms with van der Waals surface area (Å²) in [7, 11) is 0. The molecule has 0 aliphatic heterocycles. The number of nitrogens with one attached hydrogen (secondary N) is 2. The van der Waals surface area contributed by atoms with Crippen LogP contribution in [0.5, 0.6) is 0 Å². The zero-order chi connectivity index (χ0) is 16.9. The Bertz CT molecular complexity index is 525. The van der Waals surface area contributed by atoms with Gasteiger partial charge in [0.15, 0.2) is 0 Å². The lowest BCUT2D eigenvalue weighted by atomic mass is 10.1. The van der Waals surface area contributed by atoms with Gasteiger partial charge in [0.25, 0.3) is 0 Å². The van der Waals surface area contributed by atoms with Crippen molar-refractivity contribution in [1.82, 2.24) is 15.6 Å². The van der Waals surface area contributed by atoms with Crippen LogP contribution in [0.3, 0.4) is 0 Å². The highest BCUT2D eigenvalue weighted by Gasteiger charge is 2.27. The van der Waals surface area contributed by atoms with Crippen LogP contribution in [0.15, 0.2) is 18.3 Å². The Labute approximate surface area is 139 Å². The van der Waals surface area contributed by atoms with Crippen LogP contribution in [0.1, 0.15) is 58.2 Å². The summed E-state index contributed by atoms with van der Waals surface area (Å²) in [5.41, 5.74) is 1.97. The molecule has 1 aliphatic carbocycles. The largest absolute Gasteiger partial charge is 0.444 e. The van der Waals surface area contributed by atoms with Gasteiger partial charge in [-0.2, -0.15) is 0 Å². The molecular formula is C18H29N3O2. The van der Waals surface area contributed by atoms with Crippen LogP contribution >= 0.6 is 0 Å². The van der Waals surface area contributed by atoms with E-state index >= 15 is 0 Å². The highest BCUT2D eigenvalue weighted by molar-refractivity contribution is 5.68. The van der Waals surface area contributed by atoms with Crippen molar-refractivity contribution in [3.8, 4) is 0 Å². The molecule has 0 saturated heterocycles. The zero-order valence-corrected chi connectivity index (χ0v) is 14.7. The minimum Gasteiger partial charge on any atom is -0.444 e. The molecular weight excluding hydrogens is 290 g/mol. The maximum atomic E-state index is 11.8. The lowest BCUT2D eigenvalue weighted by molar-refractivity contribution is 0.0505. The molecule has 1 fully saturated rings. The molecule has 0 spiro atoms. The summed E-state index contributed by atoms with van der Waals surface area (Å²) in [4.78, 5) is 16.3. The molecule has 0 radical (unpaired) electrons. The van der Waals surface area contributed by atoms with Gasteiger partial charge < -0.3 is 15.4 Å². The van der Waals surface area contributed by atoms with Gasteiger partial charge in [-0.25, -0.2) is 4.79 Å². The second-order valence-electron chi connectivity index (χ2n) is 7.20. The summed E-state index contributed by atoms with van der Waals surface area (Å²) < 4.78 is 5.31. The molecule has 0 aromatic carbocycles. The second kappa shape index (κ2) is 7.77. The molecule has 2 N–H and O–H groups in total. The van der Waals surface area contributed by atoms with Gasteiger partial charge in [-0.05, 0) is 58.1 Å². The van der Waals surface area contributed by atoms with E-state index in [9.17, 15) is 4.79 Å². The third-order valence-corrected chi connectivity index (χ3v) is 4.08. The summed E-state index contributed by atoms with van der Waals surface area (Å²) in [6.07, 6.45) is 5.51. The Balaban J connectivity index is 1.76. The van der Waals surface area contributed by atoms with E-state index in [-0.39, 0.29) is 12.1 Å². The van der Waals surface area contributed by atoms with Crippen LogP contribution in [-0.2, 0) is 17.7 Å². The van der Waals surface area contributed by atoms with Crippen molar-refractivity contribution >= 4 is 6.09 Å². The first-order chi connectivity index (χ1) is 10.9. The predicted molar refractivity (Wildman–Crippen MR) is 91.3 cm³/mol. The average Bonchev–Trinajstić information content (AvgIpc) is 2.90. The van der Waals surface area contributed by atoms with Crippen molar-refractivity contribution in [2.24, 2.45) is 0 Å². The number of aromatic nitrogens is 1. The molecule has 23 heavy (non-hydrogen) atoms. The van der Waals surface area contributed by atoms with E-state index in [0.717, 1.165) is 37.9 Å². The molecule has 1 aromatic rings. The first kappa shape index (κ1) is 17.7. The molecule has 1 aliphatic rings. The molecule has 2 unspecified atom stereocenters. The number of aryl methyl sites for hydroxylation is 1. The minimum absolute atomic E-state index is 0.191. The average molecular weight is 319 g/mol. The van der Waals surface area contributed by atoms with E-state index in [4.69, 9.17) is 4.74 Å². The topological polar surface area (TPSA) is 63.2 Å². The summed E-state index contributed by atoms with van der Waals surface area (Å²) in [6, 6.07) is 4.72. The van der Waals surface area contributed by atoms with Crippen molar-refractivity contribution in [1.29, 1.82) is 0 Å². The molecule has 5 heteroatoms. The third kappa shape index (κ3) is 5.82. The van der Waals surface area contributed by atoms with Gasteiger partial charge in [0, 0.05) is 24.8 Å². The van der Waals surface area contributed by atoms with Gasteiger partial charge in [0.05, 0.1) is 5.69 Å². The number of hydrogen-bond donors (Lipinski definition) is 2. The quantitative estimate of drug-likeness (QED) is 0.875. The normalized spacial score (nSPS) is 21.2. The number of pyridine rings is 1. The van der Waals surface area contributed by atoms with Crippen molar-refractivity contribution in [2.45, 2.75) is 77.6 Å². The smallest absolute Gasteiger partial charge is 0.407 e.